The Morgan fingerprint density at radius 2 is 1.71 bits per heavy atom. The van der Waals surface area contributed by atoms with Gasteiger partial charge in [-0.25, -0.2) is 10.0 Å². The van der Waals surface area contributed by atoms with Gasteiger partial charge in [-0.15, -0.1) is 0 Å². The minimum absolute atomic E-state index is 0.693. The average molecular weight is 198 g/mol. The molecule has 0 aromatic heterocycles. The molecular formula is C10H22N4. The van der Waals surface area contributed by atoms with Gasteiger partial charge < -0.3 is 10.2 Å². The fraction of sp³-hybridized carbons (Fsp3) is 1.00. The summed E-state index contributed by atoms with van der Waals surface area (Å²) in [4.78, 5) is 2.44. The number of piperazine rings is 2. The molecule has 0 aliphatic carbocycles. The summed E-state index contributed by atoms with van der Waals surface area (Å²) in [5, 5.41) is 8.44. The van der Waals surface area contributed by atoms with E-state index in [9.17, 15) is 0 Å². The van der Waals surface area contributed by atoms with Crippen molar-refractivity contribution in [1.82, 2.24) is 20.2 Å². The molecule has 0 spiro atoms. The molecule has 0 bridgehead atoms. The summed E-state index contributed by atoms with van der Waals surface area (Å²) in [7, 11) is 2.22. The van der Waals surface area contributed by atoms with E-state index in [0.717, 1.165) is 13.1 Å². The third kappa shape index (κ3) is 2.25. The van der Waals surface area contributed by atoms with E-state index < -0.39 is 0 Å². The summed E-state index contributed by atoms with van der Waals surface area (Å²) >= 11 is 0. The van der Waals surface area contributed by atoms with Gasteiger partial charge in [0.25, 0.3) is 0 Å². The monoisotopic (exact) mass is 198 g/mol. The van der Waals surface area contributed by atoms with Crippen LogP contribution in [-0.4, -0.2) is 73.8 Å². The van der Waals surface area contributed by atoms with E-state index in [1.807, 2.05) is 0 Å². The van der Waals surface area contributed by atoms with E-state index in [-0.39, 0.29) is 0 Å². The average Bonchev–Trinajstić information content (AvgIpc) is 2.23. The van der Waals surface area contributed by atoms with Gasteiger partial charge >= 0.3 is 0 Å². The van der Waals surface area contributed by atoms with Crippen molar-refractivity contribution < 1.29 is 0 Å². The van der Waals surface area contributed by atoms with Crippen molar-refractivity contribution in [3.8, 4) is 0 Å². The van der Waals surface area contributed by atoms with Gasteiger partial charge in [0.2, 0.25) is 0 Å². The summed E-state index contributed by atoms with van der Waals surface area (Å²) in [6.07, 6.45) is 0. The van der Waals surface area contributed by atoms with Crippen molar-refractivity contribution in [3.63, 3.8) is 0 Å². The number of hydrogen-bond acceptors (Lipinski definition) is 4. The Morgan fingerprint density at radius 1 is 1.00 bits per heavy atom. The first kappa shape index (κ1) is 10.4. The summed E-state index contributed by atoms with van der Waals surface area (Å²) < 4.78 is 0. The summed E-state index contributed by atoms with van der Waals surface area (Å²) in [5.41, 5.74) is 0. The first-order valence-corrected chi connectivity index (χ1v) is 5.68. The normalized spacial score (nSPS) is 33.4. The van der Waals surface area contributed by atoms with E-state index >= 15 is 0 Å². The van der Waals surface area contributed by atoms with Crippen LogP contribution in [0.25, 0.3) is 0 Å². The Labute approximate surface area is 86.8 Å². The number of hydrogen-bond donors (Lipinski definition) is 1. The van der Waals surface area contributed by atoms with Crippen molar-refractivity contribution in [2.75, 3.05) is 52.9 Å². The zero-order valence-corrected chi connectivity index (χ0v) is 9.37. The second-order valence-electron chi connectivity index (χ2n) is 4.45. The minimum Gasteiger partial charge on any atom is -0.314 e. The molecule has 82 valence electrons. The molecule has 2 rings (SSSR count). The maximum atomic E-state index is 3.40. The quantitative estimate of drug-likeness (QED) is 0.610. The van der Waals surface area contributed by atoms with Crippen LogP contribution in [0.15, 0.2) is 0 Å². The van der Waals surface area contributed by atoms with E-state index in [4.69, 9.17) is 0 Å². The molecule has 14 heavy (non-hydrogen) atoms. The van der Waals surface area contributed by atoms with E-state index in [1.54, 1.807) is 0 Å². The van der Waals surface area contributed by atoms with Crippen LogP contribution < -0.4 is 5.32 Å². The Morgan fingerprint density at radius 3 is 2.36 bits per heavy atom. The van der Waals surface area contributed by atoms with Gasteiger partial charge in [-0.2, -0.15) is 0 Å². The molecule has 4 heteroatoms. The Bertz CT molecular complexity index is 179. The molecule has 0 aromatic rings. The molecule has 1 N–H and O–H groups in total. The summed E-state index contributed by atoms with van der Waals surface area (Å²) in [5.74, 6) is 0. The van der Waals surface area contributed by atoms with E-state index in [1.165, 1.54) is 32.7 Å². The number of rotatable bonds is 1. The number of nitrogens with one attached hydrogen (secondary N) is 1. The molecule has 0 saturated carbocycles. The maximum Gasteiger partial charge on any atom is 0.0287 e. The highest BCUT2D eigenvalue weighted by atomic mass is 15.6. The Kier molecular flexibility index (Phi) is 3.38. The summed E-state index contributed by atoms with van der Waals surface area (Å²) in [6.45, 7) is 10.5. The highest BCUT2D eigenvalue weighted by Crippen LogP contribution is 2.10. The van der Waals surface area contributed by atoms with Crippen molar-refractivity contribution in [1.29, 1.82) is 0 Å². The van der Waals surface area contributed by atoms with Crippen LogP contribution in [-0.2, 0) is 0 Å². The predicted octanol–water partition coefficient (Wildman–Crippen LogP) is -0.557. The largest absolute Gasteiger partial charge is 0.314 e. The topological polar surface area (TPSA) is 21.8 Å². The number of nitrogens with zero attached hydrogens (tertiary/aromatic N) is 3. The fourth-order valence-corrected chi connectivity index (χ4v) is 2.22. The van der Waals surface area contributed by atoms with Gasteiger partial charge in [-0.3, -0.25) is 0 Å². The molecule has 4 nitrogen and oxygen atoms in total. The fourth-order valence-electron chi connectivity index (χ4n) is 2.22. The number of hydrazine groups is 1. The van der Waals surface area contributed by atoms with Crippen molar-refractivity contribution >= 4 is 0 Å². The highest BCUT2D eigenvalue weighted by molar-refractivity contribution is 4.77. The molecule has 2 aliphatic rings. The molecule has 2 fully saturated rings. The second kappa shape index (κ2) is 4.57. The zero-order chi connectivity index (χ0) is 9.97. The van der Waals surface area contributed by atoms with Gasteiger partial charge in [-0.05, 0) is 14.0 Å². The van der Waals surface area contributed by atoms with Gasteiger partial charge in [0.15, 0.2) is 0 Å². The lowest BCUT2D eigenvalue weighted by atomic mass is 10.2. The van der Waals surface area contributed by atoms with Crippen molar-refractivity contribution in [3.05, 3.63) is 0 Å². The van der Waals surface area contributed by atoms with Gasteiger partial charge in [-0.1, -0.05) is 0 Å². The lowest BCUT2D eigenvalue weighted by molar-refractivity contribution is -0.0751. The first-order valence-electron chi connectivity index (χ1n) is 5.68. The molecule has 1 unspecified atom stereocenters. The lowest BCUT2D eigenvalue weighted by Crippen LogP contribution is -2.60. The van der Waals surface area contributed by atoms with Crippen LogP contribution in [0.3, 0.4) is 0 Å². The Hall–Kier alpha value is -0.160. The molecule has 0 radical (unpaired) electrons. The molecule has 2 saturated heterocycles. The van der Waals surface area contributed by atoms with Gasteiger partial charge in [0.1, 0.15) is 0 Å². The van der Waals surface area contributed by atoms with E-state index in [0.29, 0.717) is 6.04 Å². The zero-order valence-electron chi connectivity index (χ0n) is 9.37. The first-order chi connectivity index (χ1) is 6.77. The van der Waals surface area contributed by atoms with Crippen LogP contribution in [0.5, 0.6) is 0 Å². The predicted molar refractivity (Wildman–Crippen MR) is 58.1 cm³/mol. The standard InChI is InChI=1S/C10H22N4/c1-10-9-14(8-7-12(10)2)13-5-3-11-4-6-13/h10-11H,3-9H2,1-2H3. The van der Waals surface area contributed by atoms with Crippen LogP contribution in [0.1, 0.15) is 6.92 Å². The SMILES string of the molecule is CC1CN(N2CCNCC2)CCN1C. The third-order valence-electron chi connectivity index (χ3n) is 3.43. The highest BCUT2D eigenvalue weighted by Gasteiger charge is 2.25. The van der Waals surface area contributed by atoms with Crippen molar-refractivity contribution in [2.45, 2.75) is 13.0 Å². The van der Waals surface area contributed by atoms with Gasteiger partial charge in [0, 0.05) is 51.9 Å². The molecule has 0 aromatic carbocycles. The van der Waals surface area contributed by atoms with Crippen LogP contribution >= 0.6 is 0 Å². The van der Waals surface area contributed by atoms with E-state index in [2.05, 4.69) is 34.2 Å². The Balaban J connectivity index is 1.85. The van der Waals surface area contributed by atoms with Crippen molar-refractivity contribution in [2.24, 2.45) is 0 Å². The van der Waals surface area contributed by atoms with Crippen LogP contribution in [0.2, 0.25) is 0 Å². The lowest BCUT2D eigenvalue weighted by Gasteiger charge is -2.44. The maximum absolute atomic E-state index is 3.40. The third-order valence-corrected chi connectivity index (χ3v) is 3.43. The molecule has 2 aliphatic heterocycles. The molecule has 1 atom stereocenters. The molecular weight excluding hydrogens is 176 g/mol. The second-order valence-corrected chi connectivity index (χ2v) is 4.45. The van der Waals surface area contributed by atoms with Crippen LogP contribution in [0, 0.1) is 0 Å². The smallest absolute Gasteiger partial charge is 0.0287 e. The minimum atomic E-state index is 0.693. The molecule has 0 amide bonds. The summed E-state index contributed by atoms with van der Waals surface area (Å²) in [6, 6.07) is 0.693. The molecule has 2 heterocycles. The van der Waals surface area contributed by atoms with Crippen LogP contribution in [0.4, 0.5) is 0 Å². The number of likely N-dealkylation sites (N-methyl/N-ethyl adjacent to an activating group) is 1. The van der Waals surface area contributed by atoms with Gasteiger partial charge in [0.05, 0.1) is 0 Å².